The van der Waals surface area contributed by atoms with E-state index < -0.39 is 0 Å². The second-order valence-corrected chi connectivity index (χ2v) is 21.0. The van der Waals surface area contributed by atoms with Gasteiger partial charge in [-0.2, -0.15) is 0 Å². The van der Waals surface area contributed by atoms with Crippen molar-refractivity contribution in [1.29, 1.82) is 0 Å². The van der Waals surface area contributed by atoms with Crippen molar-refractivity contribution in [3.05, 3.63) is 269 Å². The number of nitroso groups, excluding NO2 is 1. The van der Waals surface area contributed by atoms with Gasteiger partial charge >= 0.3 is 6.03 Å². The van der Waals surface area contributed by atoms with Crippen LogP contribution in [0, 0.1) is 22.7 Å². The van der Waals surface area contributed by atoms with Crippen LogP contribution in [0.5, 0.6) is 11.5 Å². The van der Waals surface area contributed by atoms with E-state index >= 15 is 0 Å². The van der Waals surface area contributed by atoms with E-state index in [0.29, 0.717) is 54.7 Å². The van der Waals surface area contributed by atoms with Crippen molar-refractivity contribution in [2.24, 2.45) is 28.7 Å². The Morgan fingerprint density at radius 2 is 0.890 bits per heavy atom. The van der Waals surface area contributed by atoms with E-state index in [4.69, 9.17) is 15.2 Å². The molecule has 0 aliphatic rings. The number of methoxy groups -OCH3 is 2. The van der Waals surface area contributed by atoms with Crippen molar-refractivity contribution in [3.8, 4) is 11.5 Å². The molecule has 0 heterocycles. The monoisotopic (exact) mass is 1100 g/mol. The Morgan fingerprint density at radius 3 is 1.24 bits per heavy atom. The molecule has 0 aliphatic heterocycles. The minimum absolute atomic E-state index is 0.0816. The number of urea groups is 1. The number of anilines is 1. The molecule has 8 aromatic rings. The van der Waals surface area contributed by atoms with Crippen LogP contribution < -0.4 is 25.8 Å². The lowest BCUT2D eigenvalue weighted by atomic mass is 9.88. The fourth-order valence-corrected chi connectivity index (χ4v) is 9.07. The molecule has 0 aliphatic carbocycles. The molecule has 0 saturated heterocycles. The molecule has 82 heavy (non-hydrogen) atoms. The van der Waals surface area contributed by atoms with Gasteiger partial charge in [0.25, 0.3) is 0 Å². The van der Waals surface area contributed by atoms with Gasteiger partial charge in [0.05, 0.1) is 14.2 Å². The van der Waals surface area contributed by atoms with E-state index in [1.807, 2.05) is 67.3 Å². The third-order valence-corrected chi connectivity index (χ3v) is 13.1. The molecule has 10 heteroatoms. The summed E-state index contributed by atoms with van der Waals surface area (Å²) in [6.07, 6.45) is 3.90. The van der Waals surface area contributed by atoms with Crippen molar-refractivity contribution in [2.45, 2.75) is 78.6 Å². The molecule has 2 amide bonds. The normalized spacial score (nSPS) is 10.5. The molecule has 432 valence electrons. The third-order valence-electron chi connectivity index (χ3n) is 13.1. The molecule has 10 nitrogen and oxygen atoms in total. The molecule has 8 aromatic carbocycles. The molecule has 8 rings (SSSR count). The van der Waals surface area contributed by atoms with Crippen LogP contribution in [0.4, 0.5) is 16.2 Å². The highest BCUT2D eigenvalue weighted by Crippen LogP contribution is 2.30. The zero-order chi connectivity index (χ0) is 59.2. The van der Waals surface area contributed by atoms with Crippen LogP contribution in [0.2, 0.25) is 0 Å². The highest BCUT2D eigenvalue weighted by atomic mass is 16.5. The van der Waals surface area contributed by atoms with E-state index in [1.165, 1.54) is 33.4 Å². The maximum atomic E-state index is 13.1. The van der Waals surface area contributed by atoms with Gasteiger partial charge in [0.1, 0.15) is 23.5 Å². The molecule has 0 spiro atoms. The number of rotatable bonds is 23. The van der Waals surface area contributed by atoms with Crippen molar-refractivity contribution < 1.29 is 19.1 Å². The molecule has 0 saturated carbocycles. The highest BCUT2D eigenvalue weighted by molar-refractivity contribution is 5.89. The average molecular weight is 1100 g/mol. The largest absolute Gasteiger partial charge is 0.497 e. The minimum atomic E-state index is -0.0816. The Labute approximate surface area is 490 Å². The predicted octanol–water partition coefficient (Wildman–Crippen LogP) is 17.0. The summed E-state index contributed by atoms with van der Waals surface area (Å²) in [6, 6.07) is 77.9. The Hall–Kier alpha value is -8.18. The van der Waals surface area contributed by atoms with E-state index in [9.17, 15) is 14.5 Å². The lowest BCUT2D eigenvalue weighted by Crippen LogP contribution is -2.38. The quantitative estimate of drug-likeness (QED) is 0.0330. The lowest BCUT2D eigenvalue weighted by molar-refractivity contribution is -0.110. The van der Waals surface area contributed by atoms with E-state index in [-0.39, 0.29) is 17.9 Å². The second kappa shape index (κ2) is 39.3. The van der Waals surface area contributed by atoms with E-state index in [1.54, 1.807) is 38.5 Å². The molecule has 0 fully saturated rings. The predicted molar refractivity (Wildman–Crippen MR) is 343 cm³/mol. The smallest absolute Gasteiger partial charge is 0.321 e. The van der Waals surface area contributed by atoms with Crippen molar-refractivity contribution in [2.75, 3.05) is 52.3 Å². The summed E-state index contributed by atoms with van der Waals surface area (Å²) in [4.78, 5) is 34.5. The van der Waals surface area contributed by atoms with Gasteiger partial charge in [0, 0.05) is 54.6 Å². The number of nitrogens with one attached hydrogen (secondary N) is 2. The third kappa shape index (κ3) is 25.5. The van der Waals surface area contributed by atoms with Crippen LogP contribution >= 0.6 is 0 Å². The molecule has 0 atom stereocenters. The summed E-state index contributed by atoms with van der Waals surface area (Å²) < 4.78 is 10.1. The summed E-state index contributed by atoms with van der Waals surface area (Å²) in [5, 5.41) is 9.34. The zero-order valence-corrected chi connectivity index (χ0v) is 49.7. The first-order valence-electron chi connectivity index (χ1n) is 28.7. The van der Waals surface area contributed by atoms with Crippen LogP contribution in [0.3, 0.4) is 0 Å². The van der Waals surface area contributed by atoms with E-state index in [0.717, 1.165) is 50.1 Å². The van der Waals surface area contributed by atoms with E-state index in [2.05, 4.69) is 201 Å². The number of ether oxygens (including phenoxy) is 2. The Morgan fingerprint density at radius 1 is 0.512 bits per heavy atom. The van der Waals surface area contributed by atoms with Crippen LogP contribution in [0.1, 0.15) is 112 Å². The van der Waals surface area contributed by atoms with Gasteiger partial charge < -0.3 is 35.5 Å². The average Bonchev–Trinajstić information content (AvgIpc) is 3.53. The number of carbonyl (C=O) groups excluding carboxylic acids is 2. The second-order valence-electron chi connectivity index (χ2n) is 21.0. The molecule has 0 aromatic heterocycles. The standard InChI is InChI=1S/C27H32N2O2.C19H25N.C15H17N.C7H7NO2.C4H8O/c1-21(2)20-29(27(30)28-24-15-10-16-25(19-24)31-3)18-17-26(22-11-6-4-7-12-22)23-13-8-5-9-14-23;1-16(2)15-20-14-13-19(17-9-5-3-6-10-17)18-11-7-4-8-12-18;16-12-11-15(13-7-3-1-4-8-13)14-9-5-2-6-10-14;1-10-7-4-2-3-6(5-7)8-9;1-4(2)3-5/h4-16,19,21,26H,17-18,20H2,1-3H3,(H,28,30);3-12,16,19-20H,13-15H2,1-2H3;1-10,15H,11-12,16H2;2-5H,1H3;3-4H,1-2H3. The van der Waals surface area contributed by atoms with Crippen LogP contribution in [-0.2, 0) is 4.79 Å². The van der Waals surface area contributed by atoms with Crippen LogP contribution in [-0.4, -0.2) is 64.2 Å². The first-order valence-corrected chi connectivity index (χ1v) is 28.7. The van der Waals surface area contributed by atoms with Gasteiger partial charge in [-0.1, -0.05) is 236 Å². The number of benzene rings is 8. The summed E-state index contributed by atoms with van der Waals surface area (Å²) in [6.45, 7) is 16.7. The number of hydrogen-bond donors (Lipinski definition) is 3. The molecule has 0 unspecified atom stereocenters. The van der Waals surface area contributed by atoms with Gasteiger partial charge in [0.15, 0.2) is 0 Å². The SMILES string of the molecule is CC(C)C=O.CC(C)CNCCC(c1ccccc1)c1ccccc1.COc1cccc(N=O)c1.COc1cccc(NC(=O)N(CCC(c2ccccc2)c2ccccc2)CC(C)C)c1.NCCC(c1ccccc1)c1ccccc1. The molecular formula is C72H89N5O5. The first-order chi connectivity index (χ1) is 39.9. The number of hydrogen-bond acceptors (Lipinski definition) is 8. The van der Waals surface area contributed by atoms with Crippen LogP contribution in [0.25, 0.3) is 0 Å². The summed E-state index contributed by atoms with van der Waals surface area (Å²) in [7, 11) is 3.17. The number of nitrogens with zero attached hydrogens (tertiary/aromatic N) is 2. The topological polar surface area (TPSA) is 135 Å². The molecule has 0 bridgehead atoms. The van der Waals surface area contributed by atoms with Crippen molar-refractivity contribution in [1.82, 2.24) is 10.2 Å². The summed E-state index contributed by atoms with van der Waals surface area (Å²) in [5.41, 5.74) is 14.9. The summed E-state index contributed by atoms with van der Waals surface area (Å²) in [5.74, 6) is 3.81. The molecule has 4 N–H and O–H groups in total. The highest BCUT2D eigenvalue weighted by Gasteiger charge is 2.21. The Kier molecular flexibility index (Phi) is 31.8. The number of amides is 2. The zero-order valence-electron chi connectivity index (χ0n) is 49.7. The minimum Gasteiger partial charge on any atom is -0.497 e. The first kappa shape index (κ1) is 66.3. The van der Waals surface area contributed by atoms with Crippen LogP contribution in [0.15, 0.2) is 236 Å². The van der Waals surface area contributed by atoms with Gasteiger partial charge in [-0.15, -0.1) is 4.91 Å². The molecule has 0 radical (unpaired) electrons. The fraction of sp³-hybridized carbons (Fsp3) is 0.306. The maximum absolute atomic E-state index is 13.1. The number of carbonyl (C=O) groups is 2. The van der Waals surface area contributed by atoms with Gasteiger partial charge in [-0.3, -0.25) is 0 Å². The van der Waals surface area contributed by atoms with Gasteiger partial charge in [0.2, 0.25) is 0 Å². The van der Waals surface area contributed by atoms with Crippen molar-refractivity contribution >= 4 is 23.7 Å². The number of nitrogens with two attached hydrogens (primary N) is 1. The molecular weight excluding hydrogens is 1010 g/mol. The van der Waals surface area contributed by atoms with Gasteiger partial charge in [-0.25, -0.2) is 4.79 Å². The Balaban J connectivity index is 0.000000244. The van der Waals surface area contributed by atoms with Gasteiger partial charge in [-0.05, 0) is 114 Å². The number of aldehydes is 1. The maximum Gasteiger partial charge on any atom is 0.321 e. The van der Waals surface area contributed by atoms with Crippen molar-refractivity contribution in [3.63, 3.8) is 0 Å². The fourth-order valence-electron chi connectivity index (χ4n) is 9.07. The Bertz CT molecular complexity index is 2790. The lowest BCUT2D eigenvalue weighted by Gasteiger charge is -2.27. The summed E-state index contributed by atoms with van der Waals surface area (Å²) >= 11 is 0.